The number of nitrogens with zero attached hydrogens (tertiary/aromatic N) is 2. The zero-order valence-electron chi connectivity index (χ0n) is 23.3. The van der Waals surface area contributed by atoms with Crippen LogP contribution in [0.5, 0.6) is 0 Å². The highest BCUT2D eigenvalue weighted by Gasteiger charge is 2.55. The van der Waals surface area contributed by atoms with Gasteiger partial charge < -0.3 is 4.74 Å². The van der Waals surface area contributed by atoms with Crippen LogP contribution in [0.4, 0.5) is 0 Å². The average Bonchev–Trinajstić information content (AvgIpc) is 2.96. The van der Waals surface area contributed by atoms with Crippen LogP contribution in [0.25, 0.3) is 0 Å². The summed E-state index contributed by atoms with van der Waals surface area (Å²) in [5, 5.41) is 2.22. The Morgan fingerprint density at radius 1 is 1.06 bits per heavy atom. The lowest BCUT2D eigenvalue weighted by Crippen LogP contribution is -2.59. The van der Waals surface area contributed by atoms with Crippen molar-refractivity contribution in [3.63, 3.8) is 0 Å². The average molecular weight is 473 g/mol. The summed E-state index contributed by atoms with van der Waals surface area (Å²) in [6.45, 7) is 22.8. The molecule has 0 radical (unpaired) electrons. The second-order valence-corrected chi connectivity index (χ2v) is 13.2. The molecule has 0 aliphatic carbocycles. The van der Waals surface area contributed by atoms with Crippen molar-refractivity contribution in [2.45, 2.75) is 117 Å². The molecule has 5 nitrogen and oxygen atoms in total. The lowest BCUT2D eigenvalue weighted by molar-refractivity contribution is -0.293. The molecule has 2 saturated heterocycles. The molecule has 2 aliphatic heterocycles. The first-order valence-electron chi connectivity index (χ1n) is 13.0. The Hall–Kier alpha value is -1.43. The van der Waals surface area contributed by atoms with Crippen molar-refractivity contribution in [1.29, 1.82) is 0 Å². The summed E-state index contributed by atoms with van der Waals surface area (Å²) in [6.07, 6.45) is 3.42. The Kier molecular flexibility index (Phi) is 7.63. The molecular weight excluding hydrogens is 424 g/mol. The Balaban J connectivity index is 1.90. The second kappa shape index (κ2) is 9.55. The highest BCUT2D eigenvalue weighted by Crippen LogP contribution is 2.47. The molecule has 34 heavy (non-hydrogen) atoms. The zero-order valence-corrected chi connectivity index (χ0v) is 23.3. The first-order valence-corrected chi connectivity index (χ1v) is 13.0. The minimum atomic E-state index is -0.520. The van der Waals surface area contributed by atoms with E-state index in [-0.39, 0.29) is 40.5 Å². The normalized spacial score (nSPS) is 30.8. The van der Waals surface area contributed by atoms with Gasteiger partial charge in [-0.25, -0.2) is 0 Å². The molecule has 0 amide bonds. The minimum Gasteiger partial charge on any atom is -0.460 e. The molecular formula is C29H48N2O3. The molecule has 2 fully saturated rings. The van der Waals surface area contributed by atoms with E-state index in [9.17, 15) is 4.79 Å². The quantitative estimate of drug-likeness (QED) is 0.449. The number of likely N-dealkylation sites (tertiary alicyclic amines) is 1. The third-order valence-electron chi connectivity index (χ3n) is 7.94. The van der Waals surface area contributed by atoms with Gasteiger partial charge in [-0.05, 0) is 87.1 Å². The van der Waals surface area contributed by atoms with Gasteiger partial charge in [-0.15, -0.1) is 0 Å². The maximum Gasteiger partial charge on any atom is 0.311 e. The number of carbonyl (C=O) groups excluding carboxylic acids is 1. The van der Waals surface area contributed by atoms with E-state index >= 15 is 0 Å². The molecule has 2 heterocycles. The molecule has 0 bridgehead atoms. The van der Waals surface area contributed by atoms with Crippen molar-refractivity contribution in [2.75, 3.05) is 13.2 Å². The summed E-state index contributed by atoms with van der Waals surface area (Å²) in [7, 11) is 0. The van der Waals surface area contributed by atoms with Crippen LogP contribution in [0.2, 0.25) is 0 Å². The highest BCUT2D eigenvalue weighted by molar-refractivity contribution is 5.75. The largest absolute Gasteiger partial charge is 0.460 e. The lowest BCUT2D eigenvalue weighted by Gasteiger charge is -2.52. The molecule has 2 aliphatic rings. The van der Waals surface area contributed by atoms with Crippen molar-refractivity contribution in [3.05, 3.63) is 35.9 Å². The molecule has 0 aromatic heterocycles. The van der Waals surface area contributed by atoms with E-state index in [1.54, 1.807) is 0 Å². The minimum absolute atomic E-state index is 0.0409. The Morgan fingerprint density at radius 2 is 1.62 bits per heavy atom. The molecule has 0 saturated carbocycles. The Morgan fingerprint density at radius 3 is 2.15 bits per heavy atom. The topological polar surface area (TPSA) is 42.0 Å². The standard InChI is InChI=1S/C29H48N2O3/c1-21(23-15-12-11-13-16-23)30-19-29(10,24(22(30)2)25(32)34-26(3,4)5)20-33-31-27(6,7)17-14-18-28(31,8)9/h11-13,15-16,21-22,24H,14,17-20H2,1-10H3/t21-,22-,24+,29-/m1/s1. The van der Waals surface area contributed by atoms with Crippen molar-refractivity contribution >= 4 is 5.97 Å². The number of esters is 1. The van der Waals surface area contributed by atoms with Gasteiger partial charge in [0.25, 0.3) is 0 Å². The van der Waals surface area contributed by atoms with Crippen molar-refractivity contribution in [3.8, 4) is 0 Å². The predicted molar refractivity (Wildman–Crippen MR) is 138 cm³/mol. The summed E-state index contributed by atoms with van der Waals surface area (Å²) >= 11 is 0. The van der Waals surface area contributed by atoms with Gasteiger partial charge >= 0.3 is 5.97 Å². The van der Waals surface area contributed by atoms with Crippen LogP contribution in [0.1, 0.15) is 100 Å². The monoisotopic (exact) mass is 472 g/mol. The van der Waals surface area contributed by atoms with Crippen LogP contribution in [0.3, 0.4) is 0 Å². The molecule has 3 rings (SSSR count). The SMILES string of the molecule is C[C@H](c1ccccc1)N1C[C@](C)(CON2C(C)(C)CCCC2(C)C)[C@H](C(=O)OC(C)(C)C)[C@H]1C. The van der Waals surface area contributed by atoms with E-state index in [1.807, 2.05) is 26.8 Å². The highest BCUT2D eigenvalue weighted by atomic mass is 16.7. The number of benzene rings is 1. The van der Waals surface area contributed by atoms with Crippen LogP contribution in [-0.4, -0.2) is 51.8 Å². The maximum atomic E-state index is 13.6. The van der Waals surface area contributed by atoms with E-state index in [1.165, 1.54) is 12.0 Å². The van der Waals surface area contributed by atoms with E-state index in [0.29, 0.717) is 6.61 Å². The Labute approximate surface area is 208 Å². The van der Waals surface area contributed by atoms with Gasteiger partial charge in [-0.2, -0.15) is 5.06 Å². The fraction of sp³-hybridized carbons (Fsp3) is 0.759. The smallest absolute Gasteiger partial charge is 0.311 e. The van der Waals surface area contributed by atoms with Gasteiger partial charge in [0.1, 0.15) is 5.60 Å². The number of hydroxylamine groups is 2. The van der Waals surface area contributed by atoms with Crippen molar-refractivity contribution in [2.24, 2.45) is 11.3 Å². The van der Waals surface area contributed by atoms with Gasteiger partial charge in [-0.1, -0.05) is 37.3 Å². The summed E-state index contributed by atoms with van der Waals surface area (Å²) in [4.78, 5) is 22.7. The number of ether oxygens (including phenoxy) is 1. The fourth-order valence-electron chi connectivity index (χ4n) is 6.37. The van der Waals surface area contributed by atoms with Crippen molar-refractivity contribution in [1.82, 2.24) is 9.96 Å². The van der Waals surface area contributed by atoms with E-state index in [4.69, 9.17) is 9.57 Å². The number of hydrogen-bond donors (Lipinski definition) is 0. The predicted octanol–water partition coefficient (Wildman–Crippen LogP) is 6.39. The number of carbonyl (C=O) groups is 1. The molecule has 4 atom stereocenters. The van der Waals surface area contributed by atoms with Crippen LogP contribution in [0.15, 0.2) is 30.3 Å². The molecule has 1 aromatic carbocycles. The first-order chi connectivity index (χ1) is 15.6. The summed E-state index contributed by atoms with van der Waals surface area (Å²) in [5.74, 6) is -0.389. The maximum absolute atomic E-state index is 13.6. The Bertz CT molecular complexity index is 829. The number of rotatable bonds is 6. The summed E-state index contributed by atoms with van der Waals surface area (Å²) in [6, 6.07) is 10.8. The van der Waals surface area contributed by atoms with Crippen LogP contribution < -0.4 is 0 Å². The molecule has 192 valence electrons. The summed E-state index contributed by atoms with van der Waals surface area (Å²) < 4.78 is 5.96. The number of hydrogen-bond acceptors (Lipinski definition) is 5. The van der Waals surface area contributed by atoms with E-state index in [2.05, 4.69) is 82.7 Å². The molecule has 1 aromatic rings. The summed E-state index contributed by atoms with van der Waals surface area (Å²) in [5.41, 5.74) is 0.296. The zero-order chi connectivity index (χ0) is 25.5. The van der Waals surface area contributed by atoms with Gasteiger partial charge in [0.15, 0.2) is 0 Å². The molecule has 5 heteroatoms. The van der Waals surface area contributed by atoms with Crippen LogP contribution in [-0.2, 0) is 14.4 Å². The number of piperidine rings is 1. The molecule has 0 N–H and O–H groups in total. The van der Waals surface area contributed by atoms with Crippen LogP contribution >= 0.6 is 0 Å². The van der Waals surface area contributed by atoms with E-state index < -0.39 is 5.60 Å². The third-order valence-corrected chi connectivity index (χ3v) is 7.94. The van der Waals surface area contributed by atoms with Gasteiger partial charge in [0.05, 0.1) is 12.5 Å². The van der Waals surface area contributed by atoms with Gasteiger partial charge in [-0.3, -0.25) is 14.5 Å². The van der Waals surface area contributed by atoms with E-state index in [0.717, 1.165) is 19.4 Å². The first kappa shape index (κ1) is 27.2. The van der Waals surface area contributed by atoms with Gasteiger partial charge in [0.2, 0.25) is 0 Å². The fourth-order valence-corrected chi connectivity index (χ4v) is 6.37. The lowest BCUT2D eigenvalue weighted by atomic mass is 9.77. The van der Waals surface area contributed by atoms with Crippen molar-refractivity contribution < 1.29 is 14.4 Å². The van der Waals surface area contributed by atoms with Crippen LogP contribution in [0, 0.1) is 11.3 Å². The molecule has 0 unspecified atom stereocenters. The molecule has 0 spiro atoms. The second-order valence-electron chi connectivity index (χ2n) is 13.2. The third kappa shape index (κ3) is 5.68. The van der Waals surface area contributed by atoms with Gasteiger partial charge in [0, 0.05) is 35.1 Å².